The van der Waals surface area contributed by atoms with Gasteiger partial charge < -0.3 is 50.7 Å². The first-order chi connectivity index (χ1) is 39.6. The fourth-order valence-electron chi connectivity index (χ4n) is 7.83. The highest BCUT2D eigenvalue weighted by Gasteiger charge is 2.30. The van der Waals surface area contributed by atoms with Crippen molar-refractivity contribution in [2.75, 3.05) is 27.8 Å². The molecular weight excluding hydrogens is 1050 g/mol. The van der Waals surface area contributed by atoms with Crippen LogP contribution in [0.3, 0.4) is 0 Å². The van der Waals surface area contributed by atoms with Crippen molar-refractivity contribution in [1.82, 2.24) is 84.7 Å². The van der Waals surface area contributed by atoms with E-state index in [4.69, 9.17) is 9.52 Å². The quantitative estimate of drug-likeness (QED) is 0.0461. The number of rotatable bonds is 15. The molecule has 0 unspecified atom stereocenters. The van der Waals surface area contributed by atoms with Gasteiger partial charge in [0.15, 0.2) is 51.7 Å². The van der Waals surface area contributed by atoms with E-state index in [-0.39, 0.29) is 5.56 Å². The highest BCUT2D eigenvalue weighted by atomic mass is 19.4. The highest BCUT2D eigenvalue weighted by molar-refractivity contribution is 5.88. The number of nitrogens with zero attached hydrogens (tertiary/aromatic N) is 13. The zero-order valence-electron chi connectivity index (χ0n) is 42.3. The molecule has 0 aliphatic rings. The van der Waals surface area contributed by atoms with Gasteiger partial charge in [-0.25, -0.2) is 64.6 Å². The number of aromatic amines is 4. The van der Waals surface area contributed by atoms with Crippen molar-refractivity contribution in [3.63, 3.8) is 0 Å². The van der Waals surface area contributed by atoms with E-state index in [0.29, 0.717) is 76.6 Å². The molecule has 10 heterocycles. The summed E-state index contributed by atoms with van der Waals surface area (Å²) in [6, 6.07) is 29.3. The van der Waals surface area contributed by atoms with Gasteiger partial charge in [0.1, 0.15) is 46.8 Å². The number of imidazole rings is 4. The van der Waals surface area contributed by atoms with Crippen LogP contribution in [0.5, 0.6) is 0 Å². The molecule has 0 saturated carbocycles. The molecule has 0 amide bonds. The molecule has 9 N–H and O–H groups in total. The van der Waals surface area contributed by atoms with Gasteiger partial charge in [0.2, 0.25) is 0 Å². The minimum absolute atomic E-state index is 0.263. The van der Waals surface area contributed by atoms with Crippen LogP contribution in [-0.2, 0) is 32.2 Å². The molecule has 81 heavy (non-hydrogen) atoms. The Kier molecular flexibility index (Phi) is 16.6. The topological polar surface area (TPSA) is 329 Å². The summed E-state index contributed by atoms with van der Waals surface area (Å²) in [5.74, 6) is 3.21. The number of carbonyl (C=O) groups is 1. The van der Waals surface area contributed by atoms with E-state index in [1.807, 2.05) is 60.8 Å². The number of halogens is 3. The molecule has 0 aliphatic heterocycles. The summed E-state index contributed by atoms with van der Waals surface area (Å²) in [5, 5.41) is 21.7. The summed E-state index contributed by atoms with van der Waals surface area (Å²) in [5.41, 5.74) is 8.74. The second kappa shape index (κ2) is 25.3. The van der Waals surface area contributed by atoms with E-state index in [1.54, 1.807) is 49.6 Å². The Bertz CT molecular complexity index is 4100. The number of carboxylic acid groups (broad SMARTS) is 1. The Morgan fingerprint density at radius 2 is 1.10 bits per heavy atom. The zero-order chi connectivity index (χ0) is 55.8. The first-order valence-electron chi connectivity index (χ1n) is 24.6. The van der Waals surface area contributed by atoms with Crippen LogP contribution in [0.4, 0.5) is 36.4 Å². The van der Waals surface area contributed by atoms with Gasteiger partial charge in [0.05, 0.1) is 49.2 Å². The predicted octanol–water partition coefficient (Wildman–Crippen LogP) is 9.27. The van der Waals surface area contributed by atoms with Crippen molar-refractivity contribution >= 4 is 73.9 Å². The van der Waals surface area contributed by atoms with Gasteiger partial charge in [0, 0.05) is 37.6 Å². The molecule has 10 aromatic heterocycles. The number of fused-ring (bicyclic) bond motifs is 4. The Balaban J connectivity index is 0.000000122. The number of anilines is 4. The third-order valence-corrected chi connectivity index (χ3v) is 11.8. The molecule has 3 aromatic carbocycles. The summed E-state index contributed by atoms with van der Waals surface area (Å²) in [6.07, 6.45) is 12.5. The normalized spacial score (nSPS) is 11.0. The lowest BCUT2D eigenvalue weighted by Gasteiger charge is -2.09. The number of benzene rings is 3. The molecule has 0 radical (unpaired) electrons. The lowest BCUT2D eigenvalue weighted by atomic mass is 10.1. The highest BCUT2D eigenvalue weighted by Crippen LogP contribution is 2.29. The lowest BCUT2D eigenvalue weighted by Crippen LogP contribution is -2.07. The van der Waals surface area contributed by atoms with E-state index in [9.17, 15) is 18.0 Å². The number of hydrogen-bond acceptors (Lipinski definition) is 19. The molecule has 0 aliphatic carbocycles. The van der Waals surface area contributed by atoms with E-state index in [1.165, 1.54) is 43.0 Å². The molecule has 0 fully saturated rings. The smallest absolute Gasteiger partial charge is 0.416 e. The van der Waals surface area contributed by atoms with Gasteiger partial charge in [-0.3, -0.25) is 4.98 Å². The standard InChI is InChI=1S/C16H13N5O.C13H10F3N5.C13H11N5O2.C12H12N6/c1-2-5-11(6-3-1)14-20-15(13-16(21-14)19-10-18-13)17-9-12-7-4-8-22-12;14-13(15,16)9-3-1-8(2-4-9)5-17-11-10-12(19-6-18-10)21-7-20-11;19-13(20)9-3-1-2-8(4-9)5-14-11-10-12(16-6-15-10)18-7-17-11;1-2-9(6-13-4-1)3-5-14-11-10-12(16-7-15-10)18-8-17-11/h1-8,10H,9H2,(H2,17,18,19,20,21);1-4,6-7H,5H2,(H2,17,18,19,20,21);1-4,6-7H,5H2,(H,19,20)(H2,14,15,16,17,18);1-2,4,6-8H,3,5H2,(H2,14,15,16,17,18). The molecule has 0 bridgehead atoms. The summed E-state index contributed by atoms with van der Waals surface area (Å²) in [4.78, 5) is 76.9. The Hall–Kier alpha value is -11.3. The molecule has 406 valence electrons. The minimum Gasteiger partial charge on any atom is -0.478 e. The number of aromatic nitrogens is 17. The fraction of sp³-hybridized carbons (Fsp3) is 0.111. The van der Waals surface area contributed by atoms with Crippen molar-refractivity contribution < 1.29 is 27.5 Å². The van der Waals surface area contributed by atoms with Crippen LogP contribution in [0.15, 0.2) is 170 Å². The summed E-state index contributed by atoms with van der Waals surface area (Å²) < 4.78 is 42.7. The van der Waals surface area contributed by atoms with Crippen LogP contribution in [-0.4, -0.2) is 102 Å². The second-order valence-corrected chi connectivity index (χ2v) is 17.2. The van der Waals surface area contributed by atoms with Crippen molar-refractivity contribution in [2.24, 2.45) is 0 Å². The first kappa shape index (κ1) is 53.2. The van der Waals surface area contributed by atoms with Gasteiger partial charge in [-0.05, 0) is 65.6 Å². The zero-order valence-corrected chi connectivity index (χ0v) is 42.3. The molecule has 0 saturated heterocycles. The Labute approximate surface area is 455 Å². The Morgan fingerprint density at radius 1 is 0.531 bits per heavy atom. The van der Waals surface area contributed by atoms with Gasteiger partial charge >= 0.3 is 12.1 Å². The third kappa shape index (κ3) is 13.8. The van der Waals surface area contributed by atoms with Gasteiger partial charge in [-0.15, -0.1) is 0 Å². The van der Waals surface area contributed by atoms with Crippen LogP contribution in [0.25, 0.3) is 56.0 Å². The van der Waals surface area contributed by atoms with Crippen LogP contribution >= 0.6 is 0 Å². The minimum atomic E-state index is -4.32. The third-order valence-electron chi connectivity index (χ3n) is 11.8. The van der Waals surface area contributed by atoms with E-state index in [0.717, 1.165) is 64.4 Å². The largest absolute Gasteiger partial charge is 0.478 e. The SMILES string of the molecule is FC(F)(F)c1ccc(CNc2ncnc3nc[nH]c23)cc1.O=C(O)c1cccc(CNc2ncnc3nc[nH]c23)c1.c1ccc(-c2nc(NCc3ccco3)c3[nH]cnc3n2)cc1.c1cncc(CCNc2ncnc3nc[nH]c23)c1. The molecule has 0 atom stereocenters. The van der Waals surface area contributed by atoms with Crippen molar-refractivity contribution in [3.05, 3.63) is 200 Å². The molecule has 0 spiro atoms. The monoisotopic (exact) mass is 1090 g/mol. The molecule has 24 nitrogen and oxygen atoms in total. The van der Waals surface area contributed by atoms with E-state index >= 15 is 0 Å². The maximum absolute atomic E-state index is 12.5. The predicted molar refractivity (Wildman–Crippen MR) is 294 cm³/mol. The first-order valence-corrected chi connectivity index (χ1v) is 24.6. The van der Waals surface area contributed by atoms with Gasteiger partial charge in [-0.2, -0.15) is 13.2 Å². The number of pyridine rings is 1. The molecule has 13 aromatic rings. The van der Waals surface area contributed by atoms with Crippen molar-refractivity contribution in [2.45, 2.75) is 32.2 Å². The number of H-pyrrole nitrogens is 4. The molecular formula is C54H46F3N21O3. The summed E-state index contributed by atoms with van der Waals surface area (Å²) in [6.45, 7) is 2.15. The van der Waals surface area contributed by atoms with Crippen LogP contribution in [0.2, 0.25) is 0 Å². The van der Waals surface area contributed by atoms with Gasteiger partial charge in [-0.1, -0.05) is 60.7 Å². The summed E-state index contributed by atoms with van der Waals surface area (Å²) >= 11 is 0. The molecule has 13 rings (SSSR count). The van der Waals surface area contributed by atoms with Crippen molar-refractivity contribution in [3.8, 4) is 11.4 Å². The lowest BCUT2D eigenvalue weighted by molar-refractivity contribution is -0.137. The maximum Gasteiger partial charge on any atom is 0.416 e. The van der Waals surface area contributed by atoms with Crippen molar-refractivity contribution in [1.29, 1.82) is 0 Å². The van der Waals surface area contributed by atoms with Crippen LogP contribution in [0.1, 0.15) is 38.4 Å². The van der Waals surface area contributed by atoms with Gasteiger partial charge in [0.25, 0.3) is 0 Å². The second-order valence-electron chi connectivity index (χ2n) is 17.2. The average Bonchev–Trinajstić information content (AvgIpc) is 4.49. The number of carboxylic acids is 1. The fourth-order valence-corrected chi connectivity index (χ4v) is 7.83. The maximum atomic E-state index is 12.5. The number of nitrogens with one attached hydrogen (secondary N) is 8. The Morgan fingerprint density at radius 3 is 1.67 bits per heavy atom. The average molecular weight is 1090 g/mol. The molecule has 27 heteroatoms. The van der Waals surface area contributed by atoms with E-state index in [2.05, 4.69) is 112 Å². The van der Waals surface area contributed by atoms with Crippen LogP contribution < -0.4 is 21.3 Å². The number of hydrogen-bond donors (Lipinski definition) is 9. The number of furan rings is 1. The van der Waals surface area contributed by atoms with E-state index < -0.39 is 17.7 Å². The number of alkyl halides is 3. The number of aromatic carboxylic acids is 1. The van der Waals surface area contributed by atoms with Crippen LogP contribution in [0, 0.1) is 0 Å². The summed E-state index contributed by atoms with van der Waals surface area (Å²) in [7, 11) is 0.